The van der Waals surface area contributed by atoms with Crippen LogP contribution in [0, 0.1) is 0 Å². The Hall–Kier alpha value is -3.73. The van der Waals surface area contributed by atoms with Crippen LogP contribution in [0.5, 0.6) is 0 Å². The fourth-order valence-corrected chi connectivity index (χ4v) is 3.98. The van der Waals surface area contributed by atoms with Gasteiger partial charge in [-0.05, 0) is 42.5 Å². The van der Waals surface area contributed by atoms with Crippen LogP contribution >= 0.6 is 11.6 Å². The number of carbonyl (C=O) groups excluding carboxylic acids is 2. The summed E-state index contributed by atoms with van der Waals surface area (Å²) in [5.41, 5.74) is 1.00. The number of carbonyl (C=O) groups is 2. The zero-order valence-electron chi connectivity index (χ0n) is 19.1. The Morgan fingerprint density at radius 2 is 1.80 bits per heavy atom. The van der Waals surface area contributed by atoms with E-state index in [1.165, 1.54) is 35.9 Å². The van der Waals surface area contributed by atoms with Crippen LogP contribution in [0.1, 0.15) is 6.42 Å². The Bertz CT molecular complexity index is 1260. The second-order valence-electron chi connectivity index (χ2n) is 7.90. The molecule has 1 aromatic carbocycles. The van der Waals surface area contributed by atoms with Gasteiger partial charge in [-0.2, -0.15) is 0 Å². The Labute approximate surface area is 206 Å². The normalized spacial score (nSPS) is 16.7. The SMILES string of the molecule is COC1(OC)CC(C(=O)Nc2ccc(-n3ccccc3=O)cc2)N(C(=O)Nc2ccc(Cl)cn2)C1. The monoisotopic (exact) mass is 497 g/mol. The number of aromatic nitrogens is 2. The molecule has 1 atom stereocenters. The van der Waals surface area contributed by atoms with Crippen LogP contribution in [-0.2, 0) is 14.3 Å². The predicted octanol–water partition coefficient (Wildman–Crippen LogP) is 3.12. The third-order valence-electron chi connectivity index (χ3n) is 5.80. The van der Waals surface area contributed by atoms with Crippen molar-refractivity contribution in [2.45, 2.75) is 18.2 Å². The van der Waals surface area contributed by atoms with Crippen LogP contribution in [0.3, 0.4) is 0 Å². The van der Waals surface area contributed by atoms with Crippen LogP contribution in [0.25, 0.3) is 5.69 Å². The molecule has 1 aliphatic heterocycles. The number of nitrogens with zero attached hydrogens (tertiary/aromatic N) is 3. The molecule has 2 aromatic heterocycles. The van der Waals surface area contributed by atoms with E-state index in [1.54, 1.807) is 54.7 Å². The van der Waals surface area contributed by atoms with E-state index in [0.29, 0.717) is 16.4 Å². The molecule has 10 nitrogen and oxygen atoms in total. The van der Waals surface area contributed by atoms with Crippen molar-refractivity contribution in [2.24, 2.45) is 0 Å². The van der Waals surface area contributed by atoms with Gasteiger partial charge in [-0.15, -0.1) is 0 Å². The lowest BCUT2D eigenvalue weighted by Gasteiger charge is -2.26. The van der Waals surface area contributed by atoms with Crippen molar-refractivity contribution in [1.82, 2.24) is 14.5 Å². The highest BCUT2D eigenvalue weighted by molar-refractivity contribution is 6.30. The Balaban J connectivity index is 1.51. The van der Waals surface area contributed by atoms with E-state index in [4.69, 9.17) is 21.1 Å². The molecule has 3 heterocycles. The molecule has 0 spiro atoms. The highest BCUT2D eigenvalue weighted by Crippen LogP contribution is 2.32. The number of ether oxygens (including phenoxy) is 2. The van der Waals surface area contributed by atoms with Crippen LogP contribution in [0.2, 0.25) is 5.02 Å². The standard InChI is InChI=1S/C24H24ClN5O5/c1-34-24(35-2)13-19(30(15-24)23(33)28-20-11-6-16(25)14-26-20)22(32)27-17-7-9-18(10-8-17)29-12-4-3-5-21(29)31/h3-12,14,19H,13,15H2,1-2H3,(H,27,32)(H,26,28,33). The van der Waals surface area contributed by atoms with E-state index in [2.05, 4.69) is 15.6 Å². The van der Waals surface area contributed by atoms with Crippen molar-refractivity contribution >= 4 is 35.0 Å². The summed E-state index contributed by atoms with van der Waals surface area (Å²) >= 11 is 5.86. The van der Waals surface area contributed by atoms with Crippen molar-refractivity contribution in [3.8, 4) is 5.69 Å². The van der Waals surface area contributed by atoms with Crippen LogP contribution < -0.4 is 16.2 Å². The zero-order chi connectivity index (χ0) is 25.0. The minimum absolute atomic E-state index is 0.0351. The van der Waals surface area contributed by atoms with Crippen LogP contribution in [0.15, 0.2) is 71.8 Å². The first kappa shape index (κ1) is 24.4. The van der Waals surface area contributed by atoms with E-state index in [-0.39, 0.29) is 24.3 Å². The molecule has 11 heteroatoms. The highest BCUT2D eigenvalue weighted by Gasteiger charge is 2.50. The Kier molecular flexibility index (Phi) is 7.15. The minimum Gasteiger partial charge on any atom is -0.351 e. The average Bonchev–Trinajstić information content (AvgIpc) is 3.27. The third kappa shape index (κ3) is 5.35. The molecule has 0 saturated carbocycles. The predicted molar refractivity (Wildman–Crippen MR) is 131 cm³/mol. The van der Waals surface area contributed by atoms with Crippen molar-refractivity contribution in [2.75, 3.05) is 31.4 Å². The van der Waals surface area contributed by atoms with Gasteiger partial charge in [0.15, 0.2) is 5.79 Å². The summed E-state index contributed by atoms with van der Waals surface area (Å²) in [6.45, 7) is 0.0351. The molecule has 1 unspecified atom stereocenters. The van der Waals surface area contributed by atoms with Gasteiger partial charge in [0.05, 0.1) is 11.6 Å². The van der Waals surface area contributed by atoms with E-state index in [0.717, 1.165) is 0 Å². The number of anilines is 2. The van der Waals surface area contributed by atoms with Gasteiger partial charge in [0.1, 0.15) is 11.9 Å². The number of rotatable bonds is 6. The molecule has 1 fully saturated rings. The number of halogens is 1. The molecule has 182 valence electrons. The number of pyridine rings is 2. The van der Waals surface area contributed by atoms with E-state index in [9.17, 15) is 14.4 Å². The summed E-state index contributed by atoms with van der Waals surface area (Å²) < 4.78 is 12.5. The van der Waals surface area contributed by atoms with Gasteiger partial charge in [-0.1, -0.05) is 17.7 Å². The molecule has 3 aromatic rings. The largest absolute Gasteiger partial charge is 0.351 e. The maximum absolute atomic E-state index is 13.2. The maximum atomic E-state index is 13.2. The molecular weight excluding hydrogens is 474 g/mol. The number of amides is 3. The van der Waals surface area contributed by atoms with Gasteiger partial charge in [0, 0.05) is 50.5 Å². The number of nitrogens with one attached hydrogen (secondary N) is 2. The topological polar surface area (TPSA) is 115 Å². The summed E-state index contributed by atoms with van der Waals surface area (Å²) in [6, 6.07) is 13.4. The van der Waals surface area contributed by atoms with Crippen LogP contribution in [-0.4, -0.2) is 59.0 Å². The van der Waals surface area contributed by atoms with Gasteiger partial charge in [0.2, 0.25) is 5.91 Å². The summed E-state index contributed by atoms with van der Waals surface area (Å²) in [6.07, 6.45) is 3.20. The van der Waals surface area contributed by atoms with Gasteiger partial charge < -0.3 is 19.7 Å². The summed E-state index contributed by atoms with van der Waals surface area (Å²) in [5, 5.41) is 5.93. The van der Waals surface area contributed by atoms with Gasteiger partial charge >= 0.3 is 6.03 Å². The van der Waals surface area contributed by atoms with Crippen molar-refractivity contribution in [1.29, 1.82) is 0 Å². The smallest absolute Gasteiger partial charge is 0.323 e. The molecule has 0 bridgehead atoms. The highest BCUT2D eigenvalue weighted by atomic mass is 35.5. The van der Waals surface area contributed by atoms with Crippen LogP contribution in [0.4, 0.5) is 16.3 Å². The number of urea groups is 1. The number of hydrogen-bond acceptors (Lipinski definition) is 6. The number of benzene rings is 1. The molecule has 1 aliphatic rings. The summed E-state index contributed by atoms with van der Waals surface area (Å²) in [4.78, 5) is 43.7. The second-order valence-corrected chi connectivity index (χ2v) is 8.34. The number of likely N-dealkylation sites (tertiary alicyclic amines) is 1. The molecule has 2 N–H and O–H groups in total. The number of methoxy groups -OCH3 is 2. The lowest BCUT2D eigenvalue weighted by molar-refractivity contribution is -0.194. The molecule has 4 rings (SSSR count). The zero-order valence-corrected chi connectivity index (χ0v) is 19.9. The van der Waals surface area contributed by atoms with E-state index in [1.807, 2.05) is 0 Å². The van der Waals surface area contributed by atoms with Gasteiger partial charge in [0.25, 0.3) is 5.56 Å². The molecule has 0 aliphatic carbocycles. The van der Waals surface area contributed by atoms with E-state index >= 15 is 0 Å². The molecule has 1 saturated heterocycles. The molecular formula is C24H24ClN5O5. The summed E-state index contributed by atoms with van der Waals surface area (Å²) in [7, 11) is 2.93. The lowest BCUT2D eigenvalue weighted by Crippen LogP contribution is -2.45. The summed E-state index contributed by atoms with van der Waals surface area (Å²) in [5.74, 6) is -1.26. The molecule has 35 heavy (non-hydrogen) atoms. The third-order valence-corrected chi connectivity index (χ3v) is 6.02. The average molecular weight is 498 g/mol. The van der Waals surface area contributed by atoms with Gasteiger partial charge in [-0.25, -0.2) is 9.78 Å². The van der Waals surface area contributed by atoms with Crippen molar-refractivity contribution in [3.05, 3.63) is 82.4 Å². The lowest BCUT2D eigenvalue weighted by atomic mass is 10.1. The van der Waals surface area contributed by atoms with Crippen molar-refractivity contribution in [3.63, 3.8) is 0 Å². The van der Waals surface area contributed by atoms with E-state index < -0.39 is 23.8 Å². The van der Waals surface area contributed by atoms with Gasteiger partial charge in [-0.3, -0.25) is 19.5 Å². The fourth-order valence-electron chi connectivity index (χ4n) is 3.87. The van der Waals surface area contributed by atoms with Crippen molar-refractivity contribution < 1.29 is 19.1 Å². The maximum Gasteiger partial charge on any atom is 0.323 e. The first-order valence-electron chi connectivity index (χ1n) is 10.7. The first-order valence-corrected chi connectivity index (χ1v) is 11.1. The second kappa shape index (κ2) is 10.3. The quantitative estimate of drug-likeness (QED) is 0.506. The Morgan fingerprint density at radius 1 is 1.06 bits per heavy atom. The molecule has 3 amide bonds. The minimum atomic E-state index is -1.13. The first-order chi connectivity index (χ1) is 16.8. The fraction of sp³-hybridized carbons (Fsp3) is 0.250. The molecule has 0 radical (unpaired) electrons. The Morgan fingerprint density at radius 3 is 2.43 bits per heavy atom. The number of hydrogen-bond donors (Lipinski definition) is 2.